The average Bonchev–Trinajstić information content (AvgIpc) is 2.48. The van der Waals surface area contributed by atoms with Gasteiger partial charge in [0, 0.05) is 10.0 Å². The van der Waals surface area contributed by atoms with Crippen LogP contribution in [0.5, 0.6) is 0 Å². The van der Waals surface area contributed by atoms with E-state index in [0.29, 0.717) is 26.6 Å². The van der Waals surface area contributed by atoms with Gasteiger partial charge in [0.2, 0.25) is 5.91 Å². The summed E-state index contributed by atoms with van der Waals surface area (Å²) < 4.78 is 30.1. The molecule has 0 aromatic heterocycles. The van der Waals surface area contributed by atoms with Crippen LogP contribution in [0.1, 0.15) is 21.5 Å². The second-order valence-electron chi connectivity index (χ2n) is 4.81. The lowest BCUT2D eigenvalue weighted by molar-refractivity contribution is 0.0999. The zero-order chi connectivity index (χ0) is 19.2. The van der Waals surface area contributed by atoms with Crippen molar-refractivity contribution < 1.29 is 17.8 Å². The molecule has 1 amide bonds. The van der Waals surface area contributed by atoms with Gasteiger partial charge in [-0.3, -0.25) is 9.35 Å². The van der Waals surface area contributed by atoms with Crippen LogP contribution in [0.4, 0.5) is 0 Å². The Morgan fingerprint density at radius 3 is 2.28 bits per heavy atom. The number of hydrogen-bond donors (Lipinski definition) is 2. The van der Waals surface area contributed by atoms with E-state index in [2.05, 4.69) is 15.9 Å². The second kappa shape index (κ2) is 9.35. The number of nitrogens with two attached hydrogens (primary N) is 1. The van der Waals surface area contributed by atoms with Crippen molar-refractivity contribution in [3.05, 3.63) is 73.0 Å². The maximum absolute atomic E-state index is 10.7. The Morgan fingerprint density at radius 1 is 1.16 bits per heavy atom. The van der Waals surface area contributed by atoms with E-state index in [4.69, 9.17) is 33.5 Å². The molecule has 25 heavy (non-hydrogen) atoms. The van der Waals surface area contributed by atoms with Crippen LogP contribution in [-0.2, 0) is 10.1 Å². The number of carbonyl (C=O) groups excluding carboxylic acids is 1. The van der Waals surface area contributed by atoms with Crippen molar-refractivity contribution in [2.24, 2.45) is 5.73 Å². The molecule has 0 unspecified atom stereocenters. The topological polar surface area (TPSA) is 97.5 Å². The van der Waals surface area contributed by atoms with Crippen molar-refractivity contribution in [2.75, 3.05) is 0 Å². The molecular weight excluding hydrogens is 453 g/mol. The van der Waals surface area contributed by atoms with E-state index in [0.717, 1.165) is 10.0 Å². The van der Waals surface area contributed by atoms with E-state index in [1.165, 1.54) is 18.2 Å². The Kier molecular flexibility index (Phi) is 8.11. The Labute approximate surface area is 164 Å². The molecule has 0 spiro atoms. The number of hydrogen-bond acceptors (Lipinski definition) is 3. The molecule has 0 saturated carbocycles. The molecule has 0 aliphatic carbocycles. The zero-order valence-corrected chi connectivity index (χ0v) is 16.8. The molecule has 134 valence electrons. The van der Waals surface area contributed by atoms with Gasteiger partial charge < -0.3 is 5.73 Å². The van der Waals surface area contributed by atoms with Crippen LogP contribution < -0.4 is 5.73 Å². The standard InChI is InChI=1S/C8H8BrNO.C8H6Cl2O3S/c1-5-4-6(9)2-3-7(5)8(10)11;9-7-2-1-6(5-8(7)10)3-4-14(11,12)13/h2-4H,1H3,(H2,10,11);1-5H,(H,11,12,13)/b;4-3+. The molecule has 3 N–H and O–H groups in total. The van der Waals surface area contributed by atoms with Gasteiger partial charge in [0.15, 0.2) is 0 Å². The van der Waals surface area contributed by atoms with Crippen LogP contribution in [0.15, 0.2) is 46.3 Å². The Hall–Kier alpha value is -1.38. The van der Waals surface area contributed by atoms with Crippen molar-refractivity contribution >= 4 is 61.2 Å². The normalized spacial score (nSPS) is 11.1. The predicted octanol–water partition coefficient (Wildman–Crippen LogP) is 4.71. The highest BCUT2D eigenvalue weighted by Crippen LogP contribution is 2.23. The summed E-state index contributed by atoms with van der Waals surface area (Å²) in [6.45, 7) is 1.85. The van der Waals surface area contributed by atoms with Crippen molar-refractivity contribution in [3.63, 3.8) is 0 Å². The van der Waals surface area contributed by atoms with E-state index >= 15 is 0 Å². The van der Waals surface area contributed by atoms with E-state index in [1.54, 1.807) is 18.2 Å². The Morgan fingerprint density at radius 2 is 1.80 bits per heavy atom. The molecule has 0 fully saturated rings. The molecule has 0 atom stereocenters. The fourth-order valence-electron chi connectivity index (χ4n) is 1.68. The molecule has 2 rings (SSSR count). The predicted molar refractivity (Wildman–Crippen MR) is 104 cm³/mol. The highest BCUT2D eigenvalue weighted by Gasteiger charge is 2.03. The van der Waals surface area contributed by atoms with Crippen molar-refractivity contribution in [2.45, 2.75) is 6.92 Å². The minimum atomic E-state index is -4.10. The van der Waals surface area contributed by atoms with E-state index in [-0.39, 0.29) is 5.91 Å². The first-order valence-corrected chi connectivity index (χ1v) is 9.71. The molecular formula is C16H14BrCl2NO4S. The molecule has 0 bridgehead atoms. The first-order chi connectivity index (χ1) is 11.5. The number of carbonyl (C=O) groups is 1. The summed E-state index contributed by atoms with van der Waals surface area (Å²) in [6, 6.07) is 9.98. The maximum atomic E-state index is 10.7. The molecule has 2 aromatic rings. The quantitative estimate of drug-likeness (QED) is 0.640. The monoisotopic (exact) mass is 465 g/mol. The third kappa shape index (κ3) is 8.02. The Bertz CT molecular complexity index is 914. The van der Waals surface area contributed by atoms with E-state index in [1.807, 2.05) is 13.0 Å². The first-order valence-electron chi connectivity index (χ1n) is 6.66. The first kappa shape index (κ1) is 21.7. The van der Waals surface area contributed by atoms with Crippen LogP contribution in [0, 0.1) is 6.92 Å². The lowest BCUT2D eigenvalue weighted by atomic mass is 10.1. The van der Waals surface area contributed by atoms with Crippen molar-refractivity contribution in [3.8, 4) is 0 Å². The van der Waals surface area contributed by atoms with Gasteiger partial charge in [-0.2, -0.15) is 8.42 Å². The summed E-state index contributed by atoms with van der Waals surface area (Å²) in [6.07, 6.45) is 1.22. The van der Waals surface area contributed by atoms with Gasteiger partial charge in [-0.25, -0.2) is 0 Å². The molecule has 0 radical (unpaired) electrons. The fraction of sp³-hybridized carbons (Fsp3) is 0.0625. The third-order valence-corrected chi connectivity index (χ3v) is 4.54. The van der Waals surface area contributed by atoms with Gasteiger partial charge in [-0.15, -0.1) is 0 Å². The largest absolute Gasteiger partial charge is 0.366 e. The molecule has 0 aliphatic rings. The van der Waals surface area contributed by atoms with Gasteiger partial charge in [0.05, 0.1) is 15.5 Å². The summed E-state index contributed by atoms with van der Waals surface area (Å²) in [4.78, 5) is 10.7. The molecule has 0 saturated heterocycles. The van der Waals surface area contributed by atoms with Gasteiger partial charge in [-0.05, 0) is 54.5 Å². The lowest BCUT2D eigenvalue weighted by Crippen LogP contribution is -2.12. The minimum Gasteiger partial charge on any atom is -0.366 e. The second-order valence-corrected chi connectivity index (χ2v) is 7.85. The lowest BCUT2D eigenvalue weighted by Gasteiger charge is -2.00. The van der Waals surface area contributed by atoms with Crippen LogP contribution >= 0.6 is 39.1 Å². The van der Waals surface area contributed by atoms with Gasteiger partial charge in [0.1, 0.15) is 0 Å². The van der Waals surface area contributed by atoms with Crippen LogP contribution in [-0.4, -0.2) is 18.9 Å². The summed E-state index contributed by atoms with van der Waals surface area (Å²) in [7, 11) is -4.10. The number of aryl methyl sites for hydroxylation is 1. The number of benzene rings is 2. The van der Waals surface area contributed by atoms with Gasteiger partial charge in [0.25, 0.3) is 10.1 Å². The summed E-state index contributed by atoms with van der Waals surface area (Å²) in [5.74, 6) is -0.380. The van der Waals surface area contributed by atoms with Crippen LogP contribution in [0.25, 0.3) is 6.08 Å². The number of rotatable bonds is 3. The van der Waals surface area contributed by atoms with Crippen LogP contribution in [0.3, 0.4) is 0 Å². The summed E-state index contributed by atoms with van der Waals surface area (Å²) >= 11 is 14.6. The zero-order valence-electron chi connectivity index (χ0n) is 12.9. The molecule has 2 aromatic carbocycles. The SMILES string of the molecule is Cc1cc(Br)ccc1C(N)=O.O=S(=O)(O)/C=C/c1ccc(Cl)c(Cl)c1. The van der Waals surface area contributed by atoms with Crippen molar-refractivity contribution in [1.82, 2.24) is 0 Å². The Balaban J connectivity index is 0.000000257. The third-order valence-electron chi connectivity index (χ3n) is 2.83. The van der Waals surface area contributed by atoms with Gasteiger partial charge >= 0.3 is 0 Å². The molecule has 9 heteroatoms. The summed E-state index contributed by atoms with van der Waals surface area (Å²) in [5, 5.41) is 1.38. The van der Waals surface area contributed by atoms with E-state index < -0.39 is 10.1 Å². The average molecular weight is 467 g/mol. The summed E-state index contributed by atoms with van der Waals surface area (Å²) in [5.41, 5.74) is 7.12. The number of primary amides is 1. The highest BCUT2D eigenvalue weighted by atomic mass is 79.9. The minimum absolute atomic E-state index is 0.323. The number of amides is 1. The van der Waals surface area contributed by atoms with E-state index in [9.17, 15) is 13.2 Å². The highest BCUT2D eigenvalue weighted by molar-refractivity contribution is 9.10. The number of halogens is 3. The smallest absolute Gasteiger partial charge is 0.287 e. The molecule has 5 nitrogen and oxygen atoms in total. The maximum Gasteiger partial charge on any atom is 0.287 e. The van der Waals surface area contributed by atoms with Crippen LogP contribution in [0.2, 0.25) is 10.0 Å². The molecule has 0 aliphatic heterocycles. The van der Waals surface area contributed by atoms with Gasteiger partial charge in [-0.1, -0.05) is 45.2 Å². The molecule has 0 heterocycles. The fourth-order valence-corrected chi connectivity index (χ4v) is 2.80. The van der Waals surface area contributed by atoms with Crippen molar-refractivity contribution in [1.29, 1.82) is 0 Å².